The fourth-order valence-corrected chi connectivity index (χ4v) is 4.89. The van der Waals surface area contributed by atoms with Gasteiger partial charge in [-0.25, -0.2) is 8.42 Å². The molecule has 0 radical (unpaired) electrons. The molecule has 0 N–H and O–H groups in total. The SMILES string of the molecule is CCCCCS(=O)(=O)CC(=O)N1CCCN(C(=O)CCc2ccc(OC)cc2)CC1. The molecule has 2 rings (SSSR count). The van der Waals surface area contributed by atoms with E-state index in [4.69, 9.17) is 4.74 Å². The number of hydrogen-bond acceptors (Lipinski definition) is 5. The summed E-state index contributed by atoms with van der Waals surface area (Å²) in [4.78, 5) is 28.4. The van der Waals surface area contributed by atoms with Crippen LogP contribution in [0.1, 0.15) is 44.6 Å². The maximum absolute atomic E-state index is 12.6. The van der Waals surface area contributed by atoms with Crippen molar-refractivity contribution in [1.29, 1.82) is 0 Å². The first-order valence-corrected chi connectivity index (χ1v) is 12.6. The molecule has 1 heterocycles. The minimum atomic E-state index is -3.37. The maximum atomic E-state index is 12.6. The monoisotopic (exact) mass is 438 g/mol. The Bertz CT molecular complexity index is 792. The predicted octanol–water partition coefficient (Wildman–Crippen LogP) is 2.29. The number of aryl methyl sites for hydroxylation is 1. The molecular formula is C22H34N2O5S. The minimum absolute atomic E-state index is 0.0623. The number of rotatable bonds is 10. The molecule has 0 aromatic heterocycles. The van der Waals surface area contributed by atoms with Gasteiger partial charge in [0.1, 0.15) is 11.5 Å². The van der Waals surface area contributed by atoms with Gasteiger partial charge in [-0.2, -0.15) is 0 Å². The number of ether oxygens (including phenoxy) is 1. The highest BCUT2D eigenvalue weighted by Gasteiger charge is 2.25. The maximum Gasteiger partial charge on any atom is 0.237 e. The molecule has 168 valence electrons. The van der Waals surface area contributed by atoms with Crippen molar-refractivity contribution in [3.05, 3.63) is 29.8 Å². The molecule has 0 saturated carbocycles. The molecule has 0 unspecified atom stereocenters. The number of carbonyl (C=O) groups is 2. The molecule has 1 aliphatic heterocycles. The molecule has 0 aliphatic carbocycles. The van der Waals surface area contributed by atoms with Gasteiger partial charge in [0.05, 0.1) is 12.9 Å². The van der Waals surface area contributed by atoms with Crippen molar-refractivity contribution in [2.75, 3.05) is 44.8 Å². The van der Waals surface area contributed by atoms with E-state index in [9.17, 15) is 18.0 Å². The number of carbonyl (C=O) groups excluding carboxylic acids is 2. The summed E-state index contributed by atoms with van der Waals surface area (Å²) in [6.45, 7) is 3.93. The first-order chi connectivity index (χ1) is 14.3. The number of unbranched alkanes of at least 4 members (excludes halogenated alkanes) is 2. The van der Waals surface area contributed by atoms with Gasteiger partial charge in [-0.3, -0.25) is 9.59 Å². The van der Waals surface area contributed by atoms with Gasteiger partial charge in [-0.05, 0) is 37.0 Å². The highest BCUT2D eigenvalue weighted by Crippen LogP contribution is 2.14. The summed E-state index contributed by atoms with van der Waals surface area (Å²) in [7, 11) is -1.75. The molecule has 0 atom stereocenters. The summed E-state index contributed by atoms with van der Waals surface area (Å²) in [6, 6.07) is 7.67. The van der Waals surface area contributed by atoms with Crippen LogP contribution >= 0.6 is 0 Å². The molecule has 1 fully saturated rings. The Morgan fingerprint density at radius 3 is 2.20 bits per heavy atom. The third-order valence-corrected chi connectivity index (χ3v) is 6.99. The second kappa shape index (κ2) is 11.9. The van der Waals surface area contributed by atoms with Gasteiger partial charge in [0, 0.05) is 32.6 Å². The third kappa shape index (κ3) is 7.97. The highest BCUT2D eigenvalue weighted by molar-refractivity contribution is 7.92. The number of benzene rings is 1. The molecule has 0 bridgehead atoms. The summed E-state index contributed by atoms with van der Waals surface area (Å²) >= 11 is 0. The largest absolute Gasteiger partial charge is 0.497 e. The van der Waals surface area contributed by atoms with Crippen molar-refractivity contribution in [1.82, 2.24) is 9.80 Å². The second-order valence-electron chi connectivity index (χ2n) is 7.76. The van der Waals surface area contributed by atoms with E-state index in [0.717, 1.165) is 24.2 Å². The minimum Gasteiger partial charge on any atom is -0.497 e. The first kappa shape index (κ1) is 24.2. The molecule has 7 nitrogen and oxygen atoms in total. The van der Waals surface area contributed by atoms with E-state index in [1.54, 1.807) is 16.9 Å². The van der Waals surface area contributed by atoms with Gasteiger partial charge < -0.3 is 14.5 Å². The predicted molar refractivity (Wildman–Crippen MR) is 117 cm³/mol. The van der Waals surface area contributed by atoms with Crippen LogP contribution in [0.5, 0.6) is 5.75 Å². The standard InChI is InChI=1S/C22H34N2O5S/c1-3-4-5-17-30(27,28)18-22(26)24-14-6-13-23(15-16-24)21(25)12-9-19-7-10-20(29-2)11-8-19/h7-8,10-11H,3-6,9,12-18H2,1-2H3. The Balaban J connectivity index is 1.80. The van der Waals surface area contributed by atoms with Crippen LogP contribution in [-0.2, 0) is 25.8 Å². The average Bonchev–Trinajstić information content (AvgIpc) is 2.98. The molecule has 2 amide bonds. The molecular weight excluding hydrogens is 404 g/mol. The van der Waals surface area contributed by atoms with E-state index < -0.39 is 15.6 Å². The zero-order chi connectivity index (χ0) is 22.0. The van der Waals surface area contributed by atoms with Crippen LogP contribution in [0.25, 0.3) is 0 Å². The van der Waals surface area contributed by atoms with E-state index >= 15 is 0 Å². The fraction of sp³-hybridized carbons (Fsp3) is 0.636. The average molecular weight is 439 g/mol. The molecule has 1 aromatic rings. The van der Waals surface area contributed by atoms with Crippen LogP contribution in [0.15, 0.2) is 24.3 Å². The zero-order valence-corrected chi connectivity index (χ0v) is 19.0. The Morgan fingerprint density at radius 1 is 0.967 bits per heavy atom. The quantitative estimate of drug-likeness (QED) is 0.524. The van der Waals surface area contributed by atoms with Gasteiger partial charge in [0.15, 0.2) is 9.84 Å². The van der Waals surface area contributed by atoms with Crippen LogP contribution in [0.2, 0.25) is 0 Å². The number of amides is 2. The number of hydrogen-bond donors (Lipinski definition) is 0. The molecule has 1 aromatic carbocycles. The topological polar surface area (TPSA) is 84.0 Å². The van der Waals surface area contributed by atoms with Crippen molar-refractivity contribution in [3.63, 3.8) is 0 Å². The van der Waals surface area contributed by atoms with E-state index in [2.05, 4.69) is 0 Å². The fourth-order valence-electron chi connectivity index (χ4n) is 3.54. The van der Waals surface area contributed by atoms with Crippen molar-refractivity contribution in [3.8, 4) is 5.75 Å². The molecule has 8 heteroatoms. The lowest BCUT2D eigenvalue weighted by Gasteiger charge is -2.22. The van der Waals surface area contributed by atoms with E-state index in [1.165, 1.54) is 0 Å². The van der Waals surface area contributed by atoms with Crippen LogP contribution < -0.4 is 4.74 Å². The van der Waals surface area contributed by atoms with Crippen molar-refractivity contribution in [2.45, 2.75) is 45.4 Å². The molecule has 30 heavy (non-hydrogen) atoms. The van der Waals surface area contributed by atoms with E-state index in [0.29, 0.717) is 51.9 Å². The summed E-state index contributed by atoms with van der Waals surface area (Å²) < 4.78 is 29.5. The molecule has 0 spiro atoms. The Hall–Kier alpha value is -2.09. The highest BCUT2D eigenvalue weighted by atomic mass is 32.2. The van der Waals surface area contributed by atoms with Gasteiger partial charge in [0.25, 0.3) is 0 Å². The summed E-state index contributed by atoms with van der Waals surface area (Å²) in [5, 5.41) is 0. The Labute approximate surface area is 180 Å². The third-order valence-electron chi connectivity index (χ3n) is 5.39. The van der Waals surface area contributed by atoms with Crippen LogP contribution in [0.4, 0.5) is 0 Å². The molecule has 1 saturated heterocycles. The molecule has 1 aliphatic rings. The second-order valence-corrected chi connectivity index (χ2v) is 9.95. The van der Waals surface area contributed by atoms with E-state index in [1.807, 2.05) is 31.2 Å². The van der Waals surface area contributed by atoms with Gasteiger partial charge in [-0.1, -0.05) is 31.9 Å². The summed E-state index contributed by atoms with van der Waals surface area (Å²) in [5.74, 6) is 0.138. The number of nitrogens with zero attached hydrogens (tertiary/aromatic N) is 2. The van der Waals surface area contributed by atoms with Gasteiger partial charge in [-0.15, -0.1) is 0 Å². The lowest BCUT2D eigenvalue weighted by Crippen LogP contribution is -2.40. The lowest BCUT2D eigenvalue weighted by molar-refractivity contribution is -0.132. The van der Waals surface area contributed by atoms with Crippen molar-refractivity contribution >= 4 is 21.7 Å². The summed E-state index contributed by atoms with van der Waals surface area (Å²) in [5.41, 5.74) is 1.07. The smallest absolute Gasteiger partial charge is 0.237 e. The Kier molecular flexibility index (Phi) is 9.62. The lowest BCUT2D eigenvalue weighted by atomic mass is 10.1. The van der Waals surface area contributed by atoms with Crippen LogP contribution in [0.3, 0.4) is 0 Å². The normalized spacial score (nSPS) is 15.0. The van der Waals surface area contributed by atoms with E-state index in [-0.39, 0.29) is 17.6 Å². The first-order valence-electron chi connectivity index (χ1n) is 10.7. The Morgan fingerprint density at radius 2 is 1.60 bits per heavy atom. The number of methoxy groups -OCH3 is 1. The number of sulfone groups is 1. The van der Waals surface area contributed by atoms with Crippen LogP contribution in [-0.4, -0.2) is 74.8 Å². The van der Waals surface area contributed by atoms with Crippen LogP contribution in [0, 0.1) is 0 Å². The van der Waals surface area contributed by atoms with Crippen molar-refractivity contribution < 1.29 is 22.7 Å². The zero-order valence-electron chi connectivity index (χ0n) is 18.1. The van der Waals surface area contributed by atoms with Gasteiger partial charge in [0.2, 0.25) is 11.8 Å². The van der Waals surface area contributed by atoms with Crippen molar-refractivity contribution in [2.24, 2.45) is 0 Å². The van der Waals surface area contributed by atoms with Gasteiger partial charge >= 0.3 is 0 Å². The summed E-state index contributed by atoms with van der Waals surface area (Å²) in [6.07, 6.45) is 4.12.